The summed E-state index contributed by atoms with van der Waals surface area (Å²) < 4.78 is 12.5. The van der Waals surface area contributed by atoms with E-state index in [0.29, 0.717) is 17.7 Å². The first-order valence-electron chi connectivity index (χ1n) is 10.3. The van der Waals surface area contributed by atoms with Crippen LogP contribution >= 0.6 is 11.3 Å². The number of rotatable bonds is 5. The third-order valence-corrected chi connectivity index (χ3v) is 7.07. The zero-order valence-electron chi connectivity index (χ0n) is 17.1. The number of hydrogen-bond acceptors (Lipinski definition) is 7. The Morgan fingerprint density at radius 1 is 1.07 bits per heavy atom. The number of methoxy groups -OCH3 is 1. The molecule has 0 saturated carbocycles. The Morgan fingerprint density at radius 3 is 2.57 bits per heavy atom. The zero-order chi connectivity index (χ0) is 20.5. The van der Waals surface area contributed by atoms with Crippen molar-refractivity contribution in [3.8, 4) is 17.2 Å². The van der Waals surface area contributed by atoms with Gasteiger partial charge in [0.25, 0.3) is 0 Å². The van der Waals surface area contributed by atoms with Crippen molar-refractivity contribution >= 4 is 21.6 Å². The van der Waals surface area contributed by atoms with Gasteiger partial charge in [0.1, 0.15) is 5.75 Å². The Bertz CT molecular complexity index is 1100. The number of thiazole rings is 1. The monoisotopic (exact) mass is 420 g/mol. The fourth-order valence-corrected chi connectivity index (χ4v) is 5.14. The van der Waals surface area contributed by atoms with Gasteiger partial charge >= 0.3 is 0 Å². The maximum absolute atomic E-state index is 5.99. The van der Waals surface area contributed by atoms with Gasteiger partial charge in [-0.1, -0.05) is 12.1 Å². The SMILES string of the molecule is COc1ccc(-c2nnc([C@@H](C)N3CCC(c4nc5ccccc5s4)CC3)o2)cc1. The van der Waals surface area contributed by atoms with Gasteiger partial charge in [0.15, 0.2) is 0 Å². The van der Waals surface area contributed by atoms with Crippen molar-refractivity contribution in [2.24, 2.45) is 0 Å². The van der Waals surface area contributed by atoms with Gasteiger partial charge in [-0.25, -0.2) is 4.98 Å². The fraction of sp³-hybridized carbons (Fsp3) is 0.348. The lowest BCUT2D eigenvalue weighted by molar-refractivity contribution is 0.143. The van der Waals surface area contributed by atoms with Crippen molar-refractivity contribution in [1.82, 2.24) is 20.1 Å². The Morgan fingerprint density at radius 2 is 1.83 bits per heavy atom. The molecule has 0 spiro atoms. The summed E-state index contributed by atoms with van der Waals surface area (Å²) in [5, 5.41) is 9.84. The maximum Gasteiger partial charge on any atom is 0.247 e. The number of fused-ring (bicyclic) bond motifs is 1. The second-order valence-corrected chi connectivity index (χ2v) is 8.74. The molecule has 0 amide bonds. The van der Waals surface area contributed by atoms with E-state index in [1.165, 1.54) is 9.71 Å². The molecule has 2 aromatic carbocycles. The van der Waals surface area contributed by atoms with Crippen molar-refractivity contribution in [3.63, 3.8) is 0 Å². The summed E-state index contributed by atoms with van der Waals surface area (Å²) in [5.74, 6) is 2.55. The number of hydrogen-bond donors (Lipinski definition) is 0. The van der Waals surface area contributed by atoms with Gasteiger partial charge in [-0.3, -0.25) is 4.90 Å². The standard InChI is InChI=1S/C23H24N4O2S/c1-15(21-25-26-22(29-21)16-7-9-18(28-2)10-8-16)27-13-11-17(12-14-27)23-24-19-5-3-4-6-20(19)30-23/h3-10,15,17H,11-14H2,1-2H3/t15-/m1/s1. The predicted octanol–water partition coefficient (Wildman–Crippen LogP) is 5.30. The highest BCUT2D eigenvalue weighted by atomic mass is 32.1. The van der Waals surface area contributed by atoms with Crippen LogP contribution in [0.2, 0.25) is 0 Å². The highest BCUT2D eigenvalue weighted by Gasteiger charge is 2.28. The topological polar surface area (TPSA) is 64.3 Å². The molecule has 4 aromatic rings. The minimum Gasteiger partial charge on any atom is -0.497 e. The lowest BCUT2D eigenvalue weighted by Crippen LogP contribution is -2.35. The zero-order valence-corrected chi connectivity index (χ0v) is 17.9. The summed E-state index contributed by atoms with van der Waals surface area (Å²) in [6.07, 6.45) is 2.20. The summed E-state index contributed by atoms with van der Waals surface area (Å²) in [7, 11) is 1.65. The summed E-state index contributed by atoms with van der Waals surface area (Å²) in [6, 6.07) is 16.2. The van der Waals surface area contributed by atoms with E-state index in [1.54, 1.807) is 7.11 Å². The van der Waals surface area contributed by atoms with Crippen LogP contribution in [0.15, 0.2) is 52.9 Å². The van der Waals surface area contributed by atoms with E-state index in [-0.39, 0.29) is 6.04 Å². The van der Waals surface area contributed by atoms with Gasteiger partial charge < -0.3 is 9.15 Å². The van der Waals surface area contributed by atoms with Crippen LogP contribution in [0, 0.1) is 0 Å². The molecule has 7 heteroatoms. The van der Waals surface area contributed by atoms with Gasteiger partial charge in [0.05, 0.1) is 28.4 Å². The summed E-state index contributed by atoms with van der Waals surface area (Å²) in [5.41, 5.74) is 2.02. The number of aromatic nitrogens is 3. The predicted molar refractivity (Wildman–Crippen MR) is 118 cm³/mol. The minimum absolute atomic E-state index is 0.0980. The van der Waals surface area contributed by atoms with E-state index in [1.807, 2.05) is 35.6 Å². The molecule has 1 saturated heterocycles. The van der Waals surface area contributed by atoms with Crippen molar-refractivity contribution in [2.75, 3.05) is 20.2 Å². The smallest absolute Gasteiger partial charge is 0.247 e. The normalized spacial score (nSPS) is 16.7. The van der Waals surface area contributed by atoms with E-state index in [4.69, 9.17) is 14.1 Å². The number of benzene rings is 2. The van der Waals surface area contributed by atoms with Crippen molar-refractivity contribution in [2.45, 2.75) is 31.7 Å². The highest BCUT2D eigenvalue weighted by Crippen LogP contribution is 2.36. The van der Waals surface area contributed by atoms with Crippen LogP contribution in [0.25, 0.3) is 21.7 Å². The number of piperidine rings is 1. The summed E-state index contributed by atoms with van der Waals surface area (Å²) >= 11 is 1.83. The number of likely N-dealkylation sites (tertiary alicyclic amines) is 1. The Labute approximate surface area is 179 Å². The third kappa shape index (κ3) is 3.70. The first-order chi connectivity index (χ1) is 14.7. The highest BCUT2D eigenvalue weighted by molar-refractivity contribution is 7.18. The molecule has 5 rings (SSSR count). The lowest BCUT2D eigenvalue weighted by atomic mass is 9.96. The molecule has 154 valence electrons. The molecule has 30 heavy (non-hydrogen) atoms. The molecule has 0 radical (unpaired) electrons. The largest absolute Gasteiger partial charge is 0.497 e. The van der Waals surface area contributed by atoms with Gasteiger partial charge in [0, 0.05) is 11.5 Å². The molecular weight excluding hydrogens is 396 g/mol. The molecule has 3 heterocycles. The van der Waals surface area contributed by atoms with E-state index < -0.39 is 0 Å². The Kier molecular flexibility index (Phi) is 5.23. The van der Waals surface area contributed by atoms with Crippen LogP contribution in [0.4, 0.5) is 0 Å². The third-order valence-electron chi connectivity index (χ3n) is 5.87. The lowest BCUT2D eigenvalue weighted by Gasteiger charge is -2.33. The van der Waals surface area contributed by atoms with Gasteiger partial charge in [-0.05, 0) is 69.3 Å². The molecule has 0 bridgehead atoms. The van der Waals surface area contributed by atoms with Crippen LogP contribution < -0.4 is 4.74 Å². The van der Waals surface area contributed by atoms with E-state index in [0.717, 1.165) is 42.8 Å². The second-order valence-electron chi connectivity index (χ2n) is 7.68. The average Bonchev–Trinajstić information content (AvgIpc) is 3.46. The molecule has 1 aliphatic rings. The van der Waals surface area contributed by atoms with Crippen LogP contribution in [0.3, 0.4) is 0 Å². The van der Waals surface area contributed by atoms with Gasteiger partial charge in [-0.2, -0.15) is 0 Å². The van der Waals surface area contributed by atoms with E-state index in [2.05, 4.69) is 46.3 Å². The number of para-hydroxylation sites is 1. The molecule has 1 fully saturated rings. The van der Waals surface area contributed by atoms with Crippen molar-refractivity contribution < 1.29 is 9.15 Å². The average molecular weight is 421 g/mol. The van der Waals surface area contributed by atoms with Crippen LogP contribution in [-0.2, 0) is 0 Å². The molecule has 2 aromatic heterocycles. The van der Waals surface area contributed by atoms with Crippen LogP contribution in [0.5, 0.6) is 5.75 Å². The summed E-state index contributed by atoms with van der Waals surface area (Å²) in [6.45, 7) is 4.15. The van der Waals surface area contributed by atoms with Crippen molar-refractivity contribution in [1.29, 1.82) is 0 Å². The molecule has 1 atom stereocenters. The second kappa shape index (κ2) is 8.16. The molecular formula is C23H24N4O2S. The van der Waals surface area contributed by atoms with Gasteiger partial charge in [0.2, 0.25) is 11.8 Å². The number of ether oxygens (including phenoxy) is 1. The minimum atomic E-state index is 0.0980. The van der Waals surface area contributed by atoms with Crippen molar-refractivity contribution in [3.05, 3.63) is 59.4 Å². The van der Waals surface area contributed by atoms with E-state index >= 15 is 0 Å². The quantitative estimate of drug-likeness (QED) is 0.437. The van der Waals surface area contributed by atoms with Crippen LogP contribution in [-0.4, -0.2) is 40.3 Å². The first-order valence-corrected chi connectivity index (χ1v) is 11.1. The molecule has 6 nitrogen and oxygen atoms in total. The first kappa shape index (κ1) is 19.2. The van der Waals surface area contributed by atoms with E-state index in [9.17, 15) is 0 Å². The van der Waals surface area contributed by atoms with Crippen LogP contribution in [0.1, 0.15) is 42.6 Å². The maximum atomic E-state index is 5.99. The molecule has 0 N–H and O–H groups in total. The molecule has 0 aliphatic carbocycles. The Balaban J connectivity index is 1.24. The van der Waals surface area contributed by atoms with Gasteiger partial charge in [-0.15, -0.1) is 21.5 Å². The molecule has 0 unspecified atom stereocenters. The number of nitrogens with zero attached hydrogens (tertiary/aromatic N) is 4. The fourth-order valence-electron chi connectivity index (χ4n) is 4.01. The summed E-state index contributed by atoms with van der Waals surface area (Å²) in [4.78, 5) is 7.29. The molecule has 1 aliphatic heterocycles. The Hall–Kier alpha value is -2.77.